The van der Waals surface area contributed by atoms with Crippen molar-refractivity contribution in [1.82, 2.24) is 0 Å². The average Bonchev–Trinajstić information content (AvgIpc) is 2.05. The summed E-state index contributed by atoms with van der Waals surface area (Å²) < 4.78 is 8.12. The van der Waals surface area contributed by atoms with Crippen LogP contribution >= 0.6 is 0 Å². The van der Waals surface area contributed by atoms with Gasteiger partial charge in [0.25, 0.3) is 0 Å². The molecule has 0 saturated heterocycles. The Morgan fingerprint density at radius 2 is 1.08 bits per heavy atom. The molecule has 4 N–H and O–H groups in total. The van der Waals surface area contributed by atoms with Gasteiger partial charge in [-0.25, -0.2) is 9.59 Å². The van der Waals surface area contributed by atoms with Gasteiger partial charge < -0.3 is 20.4 Å². The molecule has 2 atom stereocenters. The summed E-state index contributed by atoms with van der Waals surface area (Å²) in [5.41, 5.74) is 0. The van der Waals surface area contributed by atoms with E-state index in [1.165, 1.54) is 16.2 Å². The first-order valence-corrected chi connectivity index (χ1v) is 2.97. The van der Waals surface area contributed by atoms with Crippen LogP contribution in [0, 0.1) is 0 Å². The van der Waals surface area contributed by atoms with E-state index in [4.69, 9.17) is 24.2 Å². The first-order valence-electron chi connectivity index (χ1n) is 2.45. The third-order valence-electron chi connectivity index (χ3n) is 0.805. The Balaban J connectivity index is 0. The summed E-state index contributed by atoms with van der Waals surface area (Å²) in [5.74, 6) is -3.54. The number of aliphatic carboxylic acids is 2. The number of aliphatic hydroxyl groups is 2. The van der Waals surface area contributed by atoms with E-state index in [1.807, 2.05) is 0 Å². The molecule has 0 amide bonds. The molecule has 0 rings (SSSR count). The second-order valence-corrected chi connectivity index (χ2v) is 1.57. The van der Waals surface area contributed by atoms with E-state index in [0.29, 0.717) is 0 Å². The third kappa shape index (κ3) is 4.93. The first-order chi connectivity index (χ1) is 5.46. The zero-order valence-electron chi connectivity index (χ0n) is 5.58. The standard InChI is InChI=1S/C4H6O6.Cr.O/c5-1(3(7)8)2(6)4(9)10;;/h1-2,5-6H,(H,7,8)(H,9,10);;. The molecule has 7 nitrogen and oxygen atoms in total. The maximum atomic E-state index is 9.77. The molecule has 0 spiro atoms. The summed E-state index contributed by atoms with van der Waals surface area (Å²) in [6.07, 6.45) is -4.53. The Kier molecular flexibility index (Phi) is 7.88. The van der Waals surface area contributed by atoms with Crippen molar-refractivity contribution in [2.75, 3.05) is 0 Å². The summed E-state index contributed by atoms with van der Waals surface area (Å²) in [4.78, 5) is 19.5. The molecule has 0 fully saturated rings. The Morgan fingerprint density at radius 3 is 1.17 bits per heavy atom. The molecule has 0 saturated carbocycles. The monoisotopic (exact) mass is 218 g/mol. The fourth-order valence-electron chi connectivity index (χ4n) is 0.270. The van der Waals surface area contributed by atoms with Crippen LogP contribution in [0.15, 0.2) is 0 Å². The fourth-order valence-corrected chi connectivity index (χ4v) is 0.270. The second kappa shape index (κ2) is 6.88. The van der Waals surface area contributed by atoms with Gasteiger partial charge in [0.05, 0.1) is 0 Å². The number of aliphatic hydroxyl groups excluding tert-OH is 2. The predicted molar refractivity (Wildman–Crippen MR) is 28.0 cm³/mol. The molecule has 70 valence electrons. The molecule has 0 aliphatic carbocycles. The number of hydrogen-bond donors (Lipinski definition) is 4. The minimum atomic E-state index is -2.27. The molecule has 0 radical (unpaired) electrons. The molecular formula is C4H6CrO7. The van der Waals surface area contributed by atoms with Gasteiger partial charge in [-0.2, -0.15) is 0 Å². The van der Waals surface area contributed by atoms with Gasteiger partial charge in [0.1, 0.15) is 0 Å². The van der Waals surface area contributed by atoms with Crippen molar-refractivity contribution in [2.24, 2.45) is 0 Å². The van der Waals surface area contributed by atoms with E-state index < -0.39 is 24.1 Å². The number of hydrogen-bond acceptors (Lipinski definition) is 5. The van der Waals surface area contributed by atoms with E-state index in [0.717, 1.165) is 0 Å². The molecule has 0 heterocycles. The minimum absolute atomic E-state index is 1.38. The van der Waals surface area contributed by atoms with Crippen molar-refractivity contribution in [1.29, 1.82) is 0 Å². The first kappa shape index (κ1) is 13.8. The zero-order chi connectivity index (χ0) is 10.3. The van der Waals surface area contributed by atoms with Crippen molar-refractivity contribution in [3.05, 3.63) is 0 Å². The van der Waals surface area contributed by atoms with Crippen LogP contribution in [0.25, 0.3) is 0 Å². The van der Waals surface area contributed by atoms with Crippen LogP contribution in [0.2, 0.25) is 0 Å². The molecule has 0 aliphatic heterocycles. The second-order valence-electron chi connectivity index (χ2n) is 1.57. The van der Waals surface area contributed by atoms with Crippen LogP contribution < -0.4 is 0 Å². The van der Waals surface area contributed by atoms with E-state index in [1.54, 1.807) is 0 Å². The van der Waals surface area contributed by atoms with Crippen molar-refractivity contribution in [3.63, 3.8) is 0 Å². The zero-order valence-corrected chi connectivity index (χ0v) is 6.85. The molecule has 0 aliphatic rings. The molecule has 12 heavy (non-hydrogen) atoms. The SMILES string of the molecule is O=C(O)C(O)C(O)C(=O)O.[O]=[Cr]. The number of rotatable bonds is 3. The number of carboxylic acids is 2. The van der Waals surface area contributed by atoms with Crippen LogP contribution in [0.1, 0.15) is 0 Å². The van der Waals surface area contributed by atoms with Gasteiger partial charge in [0.2, 0.25) is 0 Å². The van der Waals surface area contributed by atoms with Crippen LogP contribution in [-0.4, -0.2) is 44.6 Å². The summed E-state index contributed by atoms with van der Waals surface area (Å²) >= 11 is 1.38. The van der Waals surface area contributed by atoms with Gasteiger partial charge in [-0.1, -0.05) is 0 Å². The topological polar surface area (TPSA) is 132 Å². The van der Waals surface area contributed by atoms with E-state index in [2.05, 4.69) is 0 Å². The van der Waals surface area contributed by atoms with Crippen LogP contribution in [0.4, 0.5) is 0 Å². The Morgan fingerprint density at radius 1 is 0.917 bits per heavy atom. The van der Waals surface area contributed by atoms with Crippen LogP contribution in [0.3, 0.4) is 0 Å². The Hall–Kier alpha value is -0.808. The number of carbonyl (C=O) groups is 2. The van der Waals surface area contributed by atoms with Crippen LogP contribution in [-0.2, 0) is 29.6 Å². The van der Waals surface area contributed by atoms with E-state index >= 15 is 0 Å². The van der Waals surface area contributed by atoms with E-state index in [-0.39, 0.29) is 0 Å². The Labute approximate surface area is 74.9 Å². The summed E-state index contributed by atoms with van der Waals surface area (Å²) in [5, 5.41) is 32.5. The van der Waals surface area contributed by atoms with Gasteiger partial charge in [0, 0.05) is 0 Å². The molecule has 0 aromatic carbocycles. The summed E-state index contributed by atoms with van der Waals surface area (Å²) in [7, 11) is 0. The maximum absolute atomic E-state index is 9.77. The van der Waals surface area contributed by atoms with Gasteiger partial charge in [-0.3, -0.25) is 0 Å². The molecular weight excluding hydrogens is 212 g/mol. The fraction of sp³-hybridized carbons (Fsp3) is 0.500. The number of carboxylic acid groups (broad SMARTS) is 2. The van der Waals surface area contributed by atoms with Gasteiger partial charge in [-0.15, -0.1) is 0 Å². The summed E-state index contributed by atoms with van der Waals surface area (Å²) in [6, 6.07) is 0. The average molecular weight is 218 g/mol. The van der Waals surface area contributed by atoms with Crippen molar-refractivity contribution >= 4 is 11.9 Å². The quantitative estimate of drug-likeness (QED) is 0.420. The Bertz CT molecular complexity index is 151. The molecule has 2 unspecified atom stereocenters. The molecule has 0 aromatic heterocycles. The molecule has 0 bridgehead atoms. The van der Waals surface area contributed by atoms with Crippen molar-refractivity contribution in [3.8, 4) is 0 Å². The van der Waals surface area contributed by atoms with Crippen LogP contribution in [0.5, 0.6) is 0 Å². The third-order valence-corrected chi connectivity index (χ3v) is 0.805. The van der Waals surface area contributed by atoms with Gasteiger partial charge in [0.15, 0.2) is 12.2 Å². The van der Waals surface area contributed by atoms with Gasteiger partial charge >= 0.3 is 32.0 Å². The summed E-state index contributed by atoms with van der Waals surface area (Å²) in [6.45, 7) is 0. The molecule has 8 heteroatoms. The molecule has 0 aromatic rings. The van der Waals surface area contributed by atoms with Crippen molar-refractivity contribution in [2.45, 2.75) is 12.2 Å². The predicted octanol–water partition coefficient (Wildman–Crippen LogP) is -2.24. The van der Waals surface area contributed by atoms with E-state index in [9.17, 15) is 9.59 Å². The van der Waals surface area contributed by atoms with Gasteiger partial charge in [-0.05, 0) is 0 Å². The van der Waals surface area contributed by atoms with Crippen molar-refractivity contribution < 1.29 is 50.0 Å². The normalized spacial score (nSPS) is 13.5.